The number of halogens is 3. The van der Waals surface area contributed by atoms with E-state index in [1.165, 1.54) is 25.1 Å². The zero-order valence-corrected chi connectivity index (χ0v) is 17.0. The van der Waals surface area contributed by atoms with E-state index >= 15 is 0 Å². The molecule has 2 aromatic carbocycles. The second-order valence-electron chi connectivity index (χ2n) is 5.25. The lowest BCUT2D eigenvalue weighted by Gasteiger charge is -2.11. The van der Waals surface area contributed by atoms with Gasteiger partial charge < -0.3 is 10.1 Å². The van der Waals surface area contributed by atoms with E-state index in [-0.39, 0.29) is 23.3 Å². The van der Waals surface area contributed by atoms with Crippen LogP contribution < -0.4 is 20.9 Å². The molecule has 0 heterocycles. The highest BCUT2D eigenvalue weighted by atomic mass is 79.9. The van der Waals surface area contributed by atoms with Gasteiger partial charge in [-0.3, -0.25) is 25.2 Å². The van der Waals surface area contributed by atoms with Crippen LogP contribution in [0.3, 0.4) is 0 Å². The number of hydrazine groups is 1. The molecule has 0 saturated carbocycles. The third-order valence-corrected chi connectivity index (χ3v) is 4.18. The van der Waals surface area contributed by atoms with Gasteiger partial charge in [0.1, 0.15) is 0 Å². The molecule has 0 radical (unpaired) electrons. The SMILES string of the molecule is CC(=O)Nc1ccc(C(=O)NNC(=O)COc2c(Cl)cc(Cl)cc2Br)cc1. The van der Waals surface area contributed by atoms with Gasteiger partial charge in [0.25, 0.3) is 11.8 Å². The van der Waals surface area contributed by atoms with Crippen LogP contribution in [-0.2, 0) is 9.59 Å². The second-order valence-corrected chi connectivity index (χ2v) is 6.95. The summed E-state index contributed by atoms with van der Waals surface area (Å²) in [6.45, 7) is 1.01. The maximum atomic E-state index is 12.0. The number of benzene rings is 2. The van der Waals surface area contributed by atoms with Crippen molar-refractivity contribution in [1.82, 2.24) is 10.9 Å². The normalized spacial score (nSPS) is 10.1. The summed E-state index contributed by atoms with van der Waals surface area (Å²) < 4.78 is 5.83. The van der Waals surface area contributed by atoms with Crippen LogP contribution in [0.4, 0.5) is 5.69 Å². The van der Waals surface area contributed by atoms with E-state index in [0.29, 0.717) is 20.7 Å². The Morgan fingerprint density at radius 1 is 1.07 bits per heavy atom. The molecule has 2 rings (SSSR count). The number of anilines is 1. The quantitative estimate of drug-likeness (QED) is 0.577. The zero-order chi connectivity index (χ0) is 20.0. The van der Waals surface area contributed by atoms with Crippen molar-refractivity contribution < 1.29 is 19.1 Å². The van der Waals surface area contributed by atoms with Crippen LogP contribution in [0.1, 0.15) is 17.3 Å². The van der Waals surface area contributed by atoms with Gasteiger partial charge in [-0.05, 0) is 52.3 Å². The van der Waals surface area contributed by atoms with E-state index < -0.39 is 11.8 Å². The summed E-state index contributed by atoms with van der Waals surface area (Å²) in [5, 5.41) is 3.24. The molecule has 0 aliphatic rings. The van der Waals surface area contributed by atoms with Gasteiger partial charge in [-0.25, -0.2) is 0 Å². The van der Waals surface area contributed by atoms with Crippen molar-refractivity contribution in [2.45, 2.75) is 6.92 Å². The van der Waals surface area contributed by atoms with E-state index in [2.05, 4.69) is 32.1 Å². The molecule has 0 aliphatic heterocycles. The van der Waals surface area contributed by atoms with Gasteiger partial charge in [0.2, 0.25) is 5.91 Å². The van der Waals surface area contributed by atoms with Crippen LogP contribution in [-0.4, -0.2) is 24.3 Å². The van der Waals surface area contributed by atoms with Gasteiger partial charge >= 0.3 is 0 Å². The standard InChI is InChI=1S/C17H14BrCl2N3O4/c1-9(24)21-12-4-2-10(3-5-12)17(26)23-22-15(25)8-27-16-13(18)6-11(19)7-14(16)20/h2-7H,8H2,1H3,(H,21,24)(H,22,25)(H,23,26). The number of hydrogen-bond acceptors (Lipinski definition) is 4. The van der Waals surface area contributed by atoms with E-state index in [1.54, 1.807) is 18.2 Å². The highest BCUT2D eigenvalue weighted by molar-refractivity contribution is 9.10. The molecule has 2 aromatic rings. The molecular formula is C17H14BrCl2N3O4. The summed E-state index contributed by atoms with van der Waals surface area (Å²) in [5.74, 6) is -1.07. The molecule has 0 atom stereocenters. The van der Waals surface area contributed by atoms with Crippen LogP contribution in [0.5, 0.6) is 5.75 Å². The zero-order valence-electron chi connectivity index (χ0n) is 13.9. The molecule has 0 spiro atoms. The Balaban J connectivity index is 1.85. The molecule has 142 valence electrons. The first-order valence-corrected chi connectivity index (χ1v) is 9.05. The van der Waals surface area contributed by atoms with Crippen molar-refractivity contribution in [3.05, 3.63) is 56.5 Å². The summed E-state index contributed by atoms with van der Waals surface area (Å²) in [6, 6.07) is 9.21. The predicted molar refractivity (Wildman–Crippen MR) is 106 cm³/mol. The molecule has 0 aromatic heterocycles. The Bertz CT molecular complexity index is 852. The molecule has 0 bridgehead atoms. The minimum absolute atomic E-state index is 0.216. The van der Waals surface area contributed by atoms with E-state index in [1.807, 2.05) is 0 Å². The maximum absolute atomic E-state index is 12.0. The molecule has 0 fully saturated rings. The van der Waals surface area contributed by atoms with E-state index in [0.717, 1.165) is 0 Å². The number of amides is 3. The molecule has 10 heteroatoms. The third-order valence-electron chi connectivity index (χ3n) is 3.09. The summed E-state index contributed by atoms with van der Waals surface area (Å²) >= 11 is 15.1. The Kier molecular flexibility index (Phi) is 7.46. The average Bonchev–Trinajstić information content (AvgIpc) is 2.58. The molecule has 7 nitrogen and oxygen atoms in total. The lowest BCUT2D eigenvalue weighted by molar-refractivity contribution is -0.123. The second kappa shape index (κ2) is 9.59. The maximum Gasteiger partial charge on any atom is 0.276 e. The number of nitrogens with one attached hydrogen (secondary N) is 3. The van der Waals surface area contributed by atoms with Crippen LogP contribution >= 0.6 is 39.1 Å². The summed E-state index contributed by atoms with van der Waals surface area (Å²) in [7, 11) is 0. The summed E-state index contributed by atoms with van der Waals surface area (Å²) in [6.07, 6.45) is 0. The highest BCUT2D eigenvalue weighted by Crippen LogP contribution is 2.35. The minimum atomic E-state index is -0.587. The van der Waals surface area contributed by atoms with Gasteiger partial charge in [0.05, 0.1) is 9.50 Å². The van der Waals surface area contributed by atoms with Crippen molar-refractivity contribution in [2.24, 2.45) is 0 Å². The first-order chi connectivity index (χ1) is 12.8. The lowest BCUT2D eigenvalue weighted by Crippen LogP contribution is -2.43. The smallest absolute Gasteiger partial charge is 0.276 e. The van der Waals surface area contributed by atoms with E-state index in [9.17, 15) is 14.4 Å². The Morgan fingerprint density at radius 3 is 2.33 bits per heavy atom. The first-order valence-electron chi connectivity index (χ1n) is 7.50. The van der Waals surface area contributed by atoms with Gasteiger partial charge in [0, 0.05) is 23.2 Å². The van der Waals surface area contributed by atoms with Gasteiger partial charge in [-0.2, -0.15) is 0 Å². The number of carbonyl (C=O) groups excluding carboxylic acids is 3. The highest BCUT2D eigenvalue weighted by Gasteiger charge is 2.12. The van der Waals surface area contributed by atoms with Gasteiger partial charge in [-0.15, -0.1) is 0 Å². The van der Waals surface area contributed by atoms with Gasteiger partial charge in [0.15, 0.2) is 12.4 Å². The number of rotatable bonds is 5. The van der Waals surface area contributed by atoms with Gasteiger partial charge in [-0.1, -0.05) is 23.2 Å². The molecule has 0 unspecified atom stereocenters. The Labute approximate surface area is 173 Å². The number of carbonyl (C=O) groups is 3. The molecule has 27 heavy (non-hydrogen) atoms. The minimum Gasteiger partial charge on any atom is -0.481 e. The van der Waals surface area contributed by atoms with Crippen LogP contribution in [0.15, 0.2) is 40.9 Å². The molecule has 3 amide bonds. The topological polar surface area (TPSA) is 96.5 Å². The summed E-state index contributed by atoms with van der Waals surface area (Å²) in [5.41, 5.74) is 5.35. The first kappa shape index (κ1) is 21.0. The van der Waals surface area contributed by atoms with Crippen molar-refractivity contribution >= 4 is 62.5 Å². The number of ether oxygens (including phenoxy) is 1. The van der Waals surface area contributed by atoms with Crippen molar-refractivity contribution in [2.75, 3.05) is 11.9 Å². The predicted octanol–water partition coefficient (Wildman–Crippen LogP) is 3.55. The van der Waals surface area contributed by atoms with Crippen LogP contribution in [0.25, 0.3) is 0 Å². The summed E-state index contributed by atoms with van der Waals surface area (Å²) in [4.78, 5) is 34.8. The lowest BCUT2D eigenvalue weighted by atomic mass is 10.2. The molecule has 0 saturated heterocycles. The van der Waals surface area contributed by atoms with Crippen LogP contribution in [0, 0.1) is 0 Å². The fraction of sp³-hybridized carbons (Fsp3) is 0.118. The van der Waals surface area contributed by atoms with Crippen molar-refractivity contribution in [3.63, 3.8) is 0 Å². The monoisotopic (exact) mass is 473 g/mol. The van der Waals surface area contributed by atoms with Crippen molar-refractivity contribution in [3.8, 4) is 5.75 Å². The van der Waals surface area contributed by atoms with Crippen LogP contribution in [0.2, 0.25) is 10.0 Å². The largest absolute Gasteiger partial charge is 0.481 e. The van der Waals surface area contributed by atoms with Crippen molar-refractivity contribution in [1.29, 1.82) is 0 Å². The molecule has 3 N–H and O–H groups in total. The third kappa shape index (κ3) is 6.42. The fourth-order valence-corrected chi connectivity index (χ4v) is 3.32. The fourth-order valence-electron chi connectivity index (χ4n) is 1.95. The molecule has 0 aliphatic carbocycles. The molecular weight excluding hydrogens is 461 g/mol. The van der Waals surface area contributed by atoms with E-state index in [4.69, 9.17) is 27.9 Å². The number of hydrogen-bond donors (Lipinski definition) is 3. The Hall–Kier alpha value is -2.29. The average molecular weight is 475 g/mol. The Morgan fingerprint density at radius 2 is 1.74 bits per heavy atom.